The van der Waals surface area contributed by atoms with Crippen LogP contribution in [0.4, 0.5) is 17.3 Å². The molecule has 4 rings (SSSR count). The van der Waals surface area contributed by atoms with Crippen molar-refractivity contribution in [2.24, 2.45) is 0 Å². The number of anilines is 3. The van der Waals surface area contributed by atoms with E-state index in [0.717, 1.165) is 30.9 Å². The van der Waals surface area contributed by atoms with Gasteiger partial charge in [0.05, 0.1) is 13.7 Å². The number of carbonyl (C=O) groups excluding carboxylic acids is 1. The standard InChI is InChI=1S/C20H26N6O2/c1-13-22-19(21)18-20(23-13)26(12-17(27)24-18)10-14-5-6-16(28-2)15(9-14)11-25-7-3-4-8-25/h5-6,9H,3-4,7-8,10-12H2,1-2H3,(H,24,27)(H2,21,22,23). The lowest BCUT2D eigenvalue weighted by Gasteiger charge is -2.30. The second-order valence-corrected chi connectivity index (χ2v) is 7.39. The zero-order valence-electron chi connectivity index (χ0n) is 16.4. The molecular formula is C20H26N6O2. The van der Waals surface area contributed by atoms with Gasteiger partial charge >= 0.3 is 0 Å². The van der Waals surface area contributed by atoms with Crippen molar-refractivity contribution < 1.29 is 9.53 Å². The molecule has 3 heterocycles. The smallest absolute Gasteiger partial charge is 0.244 e. The molecule has 1 fully saturated rings. The zero-order valence-corrected chi connectivity index (χ0v) is 16.4. The number of rotatable bonds is 5. The zero-order chi connectivity index (χ0) is 19.7. The van der Waals surface area contributed by atoms with Gasteiger partial charge in [0.25, 0.3) is 0 Å². The molecule has 1 aromatic heterocycles. The Hall–Kier alpha value is -2.87. The summed E-state index contributed by atoms with van der Waals surface area (Å²) >= 11 is 0. The summed E-state index contributed by atoms with van der Waals surface area (Å²) < 4.78 is 5.56. The number of fused-ring (bicyclic) bond motifs is 1. The van der Waals surface area contributed by atoms with Gasteiger partial charge in [-0.15, -0.1) is 0 Å². The van der Waals surface area contributed by atoms with Crippen LogP contribution >= 0.6 is 0 Å². The summed E-state index contributed by atoms with van der Waals surface area (Å²) in [5.41, 5.74) is 8.76. The van der Waals surface area contributed by atoms with E-state index in [1.165, 1.54) is 18.4 Å². The maximum Gasteiger partial charge on any atom is 0.244 e. The number of ether oxygens (including phenoxy) is 1. The van der Waals surface area contributed by atoms with E-state index in [-0.39, 0.29) is 12.5 Å². The fraction of sp³-hybridized carbons (Fsp3) is 0.450. The van der Waals surface area contributed by atoms with Crippen LogP contribution in [0.3, 0.4) is 0 Å². The van der Waals surface area contributed by atoms with Crippen LogP contribution in [0.1, 0.15) is 29.8 Å². The van der Waals surface area contributed by atoms with E-state index in [4.69, 9.17) is 10.5 Å². The van der Waals surface area contributed by atoms with E-state index >= 15 is 0 Å². The molecule has 2 aliphatic rings. The van der Waals surface area contributed by atoms with Crippen LogP contribution in [-0.4, -0.2) is 47.5 Å². The molecule has 0 bridgehead atoms. The number of amides is 1. The summed E-state index contributed by atoms with van der Waals surface area (Å²) in [6.45, 7) is 5.73. The predicted molar refractivity (Wildman–Crippen MR) is 108 cm³/mol. The first-order valence-electron chi connectivity index (χ1n) is 9.60. The van der Waals surface area contributed by atoms with Crippen molar-refractivity contribution >= 4 is 23.2 Å². The summed E-state index contributed by atoms with van der Waals surface area (Å²) in [7, 11) is 1.70. The first kappa shape index (κ1) is 18.5. The number of benzene rings is 1. The van der Waals surface area contributed by atoms with Crippen molar-refractivity contribution in [1.82, 2.24) is 14.9 Å². The van der Waals surface area contributed by atoms with Gasteiger partial charge in [0.15, 0.2) is 11.6 Å². The average Bonchev–Trinajstić information content (AvgIpc) is 3.16. The maximum atomic E-state index is 12.2. The van der Waals surface area contributed by atoms with Crippen LogP contribution in [-0.2, 0) is 17.9 Å². The number of hydrogen-bond acceptors (Lipinski definition) is 7. The van der Waals surface area contributed by atoms with E-state index in [2.05, 4.69) is 26.3 Å². The lowest BCUT2D eigenvalue weighted by molar-refractivity contribution is -0.115. The molecule has 0 radical (unpaired) electrons. The summed E-state index contributed by atoms with van der Waals surface area (Å²) in [6.07, 6.45) is 2.50. The largest absolute Gasteiger partial charge is 0.496 e. The summed E-state index contributed by atoms with van der Waals surface area (Å²) in [5.74, 6) is 2.33. The molecule has 28 heavy (non-hydrogen) atoms. The fourth-order valence-corrected chi connectivity index (χ4v) is 3.94. The highest BCUT2D eigenvalue weighted by Gasteiger charge is 2.26. The Morgan fingerprint density at radius 2 is 2.00 bits per heavy atom. The first-order valence-corrected chi connectivity index (χ1v) is 9.60. The lowest BCUT2D eigenvalue weighted by atomic mass is 10.1. The molecule has 2 aromatic rings. The number of aryl methyl sites for hydroxylation is 1. The van der Waals surface area contributed by atoms with Gasteiger partial charge in [0.1, 0.15) is 17.3 Å². The molecule has 0 atom stereocenters. The van der Waals surface area contributed by atoms with Crippen molar-refractivity contribution in [1.29, 1.82) is 0 Å². The molecule has 8 heteroatoms. The Kier molecular flexibility index (Phi) is 5.04. The minimum absolute atomic E-state index is 0.113. The van der Waals surface area contributed by atoms with Gasteiger partial charge in [-0.25, -0.2) is 9.97 Å². The van der Waals surface area contributed by atoms with Gasteiger partial charge in [-0.1, -0.05) is 6.07 Å². The molecule has 148 valence electrons. The number of carbonyl (C=O) groups is 1. The molecule has 1 aromatic carbocycles. The Morgan fingerprint density at radius 3 is 2.75 bits per heavy atom. The minimum atomic E-state index is -0.113. The number of likely N-dealkylation sites (tertiary alicyclic amines) is 1. The van der Waals surface area contributed by atoms with Crippen molar-refractivity contribution in [2.45, 2.75) is 32.9 Å². The third-order valence-corrected chi connectivity index (χ3v) is 5.24. The topological polar surface area (TPSA) is 96.6 Å². The first-order chi connectivity index (χ1) is 13.5. The second kappa shape index (κ2) is 7.63. The normalized spacial score (nSPS) is 16.8. The van der Waals surface area contributed by atoms with Gasteiger partial charge in [-0.2, -0.15) is 0 Å². The number of aromatic nitrogens is 2. The Bertz CT molecular complexity index is 895. The van der Waals surface area contributed by atoms with Crippen molar-refractivity contribution in [3.63, 3.8) is 0 Å². The highest BCUT2D eigenvalue weighted by Crippen LogP contribution is 2.33. The molecule has 1 saturated heterocycles. The van der Waals surface area contributed by atoms with Crippen LogP contribution in [0.5, 0.6) is 5.75 Å². The van der Waals surface area contributed by atoms with Crippen molar-refractivity contribution in [3.05, 3.63) is 35.2 Å². The van der Waals surface area contributed by atoms with E-state index < -0.39 is 0 Å². The van der Waals surface area contributed by atoms with Crippen LogP contribution in [0.15, 0.2) is 18.2 Å². The maximum absolute atomic E-state index is 12.2. The van der Waals surface area contributed by atoms with Crippen LogP contribution < -0.4 is 20.7 Å². The monoisotopic (exact) mass is 382 g/mol. The van der Waals surface area contributed by atoms with Crippen molar-refractivity contribution in [2.75, 3.05) is 42.7 Å². The number of nitrogens with two attached hydrogens (primary N) is 1. The highest BCUT2D eigenvalue weighted by atomic mass is 16.5. The Balaban J connectivity index is 1.61. The van der Waals surface area contributed by atoms with E-state index in [0.29, 0.717) is 29.7 Å². The third kappa shape index (κ3) is 3.73. The van der Waals surface area contributed by atoms with E-state index in [1.807, 2.05) is 17.0 Å². The second-order valence-electron chi connectivity index (χ2n) is 7.39. The van der Waals surface area contributed by atoms with Gasteiger partial charge in [-0.3, -0.25) is 9.69 Å². The van der Waals surface area contributed by atoms with E-state index in [9.17, 15) is 4.79 Å². The number of nitrogens with zero attached hydrogens (tertiary/aromatic N) is 4. The molecule has 8 nitrogen and oxygen atoms in total. The van der Waals surface area contributed by atoms with Gasteiger partial charge in [-0.05, 0) is 50.6 Å². The van der Waals surface area contributed by atoms with Crippen LogP contribution in [0.25, 0.3) is 0 Å². The molecule has 0 unspecified atom stereocenters. The third-order valence-electron chi connectivity index (χ3n) is 5.24. The Morgan fingerprint density at radius 1 is 1.21 bits per heavy atom. The van der Waals surface area contributed by atoms with Gasteiger partial charge < -0.3 is 20.7 Å². The fourth-order valence-electron chi connectivity index (χ4n) is 3.94. The SMILES string of the molecule is COc1ccc(CN2CC(=O)Nc3c(N)nc(C)nc32)cc1CN1CCCC1. The number of nitrogens with one attached hydrogen (secondary N) is 1. The molecular weight excluding hydrogens is 356 g/mol. The molecule has 0 spiro atoms. The summed E-state index contributed by atoms with van der Waals surface area (Å²) in [4.78, 5) is 25.2. The predicted octanol–water partition coefficient (Wildman–Crippen LogP) is 1.93. The molecule has 2 aliphatic heterocycles. The van der Waals surface area contributed by atoms with Gasteiger partial charge in [0.2, 0.25) is 5.91 Å². The Labute approximate surface area is 164 Å². The number of methoxy groups -OCH3 is 1. The molecule has 0 saturated carbocycles. The average molecular weight is 382 g/mol. The summed E-state index contributed by atoms with van der Waals surface area (Å²) in [5, 5.41) is 2.79. The van der Waals surface area contributed by atoms with Crippen LogP contribution in [0, 0.1) is 6.92 Å². The number of nitrogen functional groups attached to an aromatic ring is 1. The molecule has 0 aliphatic carbocycles. The number of hydrogen-bond donors (Lipinski definition) is 2. The molecule has 1 amide bonds. The lowest BCUT2D eigenvalue weighted by Crippen LogP contribution is -2.39. The van der Waals surface area contributed by atoms with Gasteiger partial charge in [0, 0.05) is 18.7 Å². The quantitative estimate of drug-likeness (QED) is 0.815. The van der Waals surface area contributed by atoms with E-state index in [1.54, 1.807) is 14.0 Å². The highest BCUT2D eigenvalue weighted by molar-refractivity contribution is 6.02. The minimum Gasteiger partial charge on any atom is -0.496 e. The van der Waals surface area contributed by atoms with Crippen molar-refractivity contribution in [3.8, 4) is 5.75 Å². The summed E-state index contributed by atoms with van der Waals surface area (Å²) in [6, 6.07) is 6.21. The van der Waals surface area contributed by atoms with Crippen LogP contribution in [0.2, 0.25) is 0 Å². The molecule has 3 N–H and O–H groups in total.